The van der Waals surface area contributed by atoms with Gasteiger partial charge in [-0.25, -0.2) is 12.8 Å². The Hall–Kier alpha value is -0.990. The molecule has 1 aromatic carbocycles. The maximum absolute atomic E-state index is 13.7. The van der Waals surface area contributed by atoms with Crippen LogP contribution in [0.4, 0.5) is 4.39 Å². The second kappa shape index (κ2) is 5.33. The van der Waals surface area contributed by atoms with Gasteiger partial charge in [-0.05, 0) is 33.6 Å². The second-order valence-corrected chi connectivity index (χ2v) is 6.60. The number of nitrogens with two attached hydrogens (primary N) is 1. The van der Waals surface area contributed by atoms with Crippen molar-refractivity contribution in [1.29, 1.82) is 0 Å². The Morgan fingerprint density at radius 2 is 2.11 bits per heavy atom. The molecule has 5 nitrogen and oxygen atoms in total. The van der Waals surface area contributed by atoms with Crippen molar-refractivity contribution in [3.05, 3.63) is 28.0 Å². The van der Waals surface area contributed by atoms with Gasteiger partial charge in [-0.2, -0.15) is 0 Å². The molecule has 0 saturated carbocycles. The van der Waals surface area contributed by atoms with Gasteiger partial charge in [0, 0.05) is 16.8 Å². The van der Waals surface area contributed by atoms with Gasteiger partial charge < -0.3 is 10.8 Å². The molecule has 0 radical (unpaired) electrons. The van der Waals surface area contributed by atoms with Crippen molar-refractivity contribution < 1.29 is 22.7 Å². The largest absolute Gasteiger partial charge is 0.481 e. The molecule has 0 aromatic heterocycles. The van der Waals surface area contributed by atoms with Gasteiger partial charge in [-0.1, -0.05) is 0 Å². The Morgan fingerprint density at radius 3 is 2.50 bits per heavy atom. The molecule has 0 saturated heterocycles. The van der Waals surface area contributed by atoms with Crippen molar-refractivity contribution in [3.8, 4) is 0 Å². The number of carboxylic acid groups (broad SMARTS) is 1. The zero-order valence-electron chi connectivity index (χ0n) is 9.35. The predicted octanol–water partition coefficient (Wildman–Crippen LogP) is 1.47. The van der Waals surface area contributed by atoms with Crippen molar-refractivity contribution in [2.45, 2.75) is 17.4 Å². The van der Waals surface area contributed by atoms with Gasteiger partial charge in [0.25, 0.3) is 0 Å². The Balaban J connectivity index is 3.27. The van der Waals surface area contributed by atoms with Gasteiger partial charge in [0.15, 0.2) is 9.84 Å². The van der Waals surface area contributed by atoms with Gasteiger partial charge in [0.1, 0.15) is 10.7 Å². The van der Waals surface area contributed by atoms with E-state index in [2.05, 4.69) is 15.9 Å². The van der Waals surface area contributed by atoms with E-state index in [1.54, 1.807) is 0 Å². The third-order valence-corrected chi connectivity index (χ3v) is 4.26. The summed E-state index contributed by atoms with van der Waals surface area (Å²) in [5.74, 6) is -2.08. The lowest BCUT2D eigenvalue weighted by molar-refractivity contribution is -0.137. The van der Waals surface area contributed by atoms with E-state index in [1.807, 2.05) is 0 Å². The molecule has 8 heteroatoms. The van der Waals surface area contributed by atoms with Gasteiger partial charge in [-0.3, -0.25) is 4.79 Å². The van der Waals surface area contributed by atoms with Gasteiger partial charge in [0.2, 0.25) is 0 Å². The first-order valence-electron chi connectivity index (χ1n) is 4.79. The molecule has 3 N–H and O–H groups in total. The van der Waals surface area contributed by atoms with E-state index in [-0.39, 0.29) is 16.5 Å². The van der Waals surface area contributed by atoms with Crippen molar-refractivity contribution >= 4 is 31.7 Å². The van der Waals surface area contributed by atoms with Crippen LogP contribution in [0.1, 0.15) is 18.0 Å². The average Bonchev–Trinajstić information content (AvgIpc) is 2.12. The zero-order chi connectivity index (χ0) is 14.1. The van der Waals surface area contributed by atoms with Gasteiger partial charge in [0.05, 0.1) is 6.42 Å². The molecule has 1 unspecified atom stereocenters. The maximum atomic E-state index is 13.7. The molecule has 0 heterocycles. The maximum Gasteiger partial charge on any atom is 0.305 e. The van der Waals surface area contributed by atoms with E-state index in [0.717, 1.165) is 12.3 Å². The first-order valence-corrected chi connectivity index (χ1v) is 7.47. The molecule has 0 aliphatic carbocycles. The standard InChI is InChI=1S/C10H11BrFNO4S/c1-18(16,17)10-6(11)2-5(3-7(10)12)8(13)4-9(14)15/h2-3,8H,4,13H2,1H3,(H,14,15). The summed E-state index contributed by atoms with van der Waals surface area (Å²) < 4.78 is 36.4. The van der Waals surface area contributed by atoms with Gasteiger partial charge in [-0.15, -0.1) is 0 Å². The monoisotopic (exact) mass is 339 g/mol. The van der Waals surface area contributed by atoms with Crippen LogP contribution in [0.5, 0.6) is 0 Å². The highest BCUT2D eigenvalue weighted by molar-refractivity contribution is 9.10. The number of sulfone groups is 1. The van der Waals surface area contributed by atoms with Crippen molar-refractivity contribution in [3.63, 3.8) is 0 Å². The summed E-state index contributed by atoms with van der Waals surface area (Å²) in [6.45, 7) is 0. The molecular weight excluding hydrogens is 329 g/mol. The fourth-order valence-corrected chi connectivity index (χ4v) is 3.62. The van der Waals surface area contributed by atoms with Crippen LogP contribution in [-0.4, -0.2) is 25.7 Å². The number of rotatable bonds is 4. The van der Waals surface area contributed by atoms with Crippen molar-refractivity contribution in [1.82, 2.24) is 0 Å². The molecule has 0 aliphatic heterocycles. The minimum atomic E-state index is -3.71. The van der Waals surface area contributed by atoms with Gasteiger partial charge >= 0.3 is 5.97 Å². The molecule has 100 valence electrons. The van der Waals surface area contributed by atoms with Crippen LogP contribution in [0.25, 0.3) is 0 Å². The van der Waals surface area contributed by atoms with Crippen LogP contribution in [-0.2, 0) is 14.6 Å². The van der Waals surface area contributed by atoms with E-state index in [4.69, 9.17) is 10.8 Å². The lowest BCUT2D eigenvalue weighted by atomic mass is 10.0. The molecule has 0 bridgehead atoms. The van der Waals surface area contributed by atoms with Crippen LogP contribution in [0.15, 0.2) is 21.5 Å². The molecule has 0 spiro atoms. The molecule has 0 aliphatic rings. The summed E-state index contributed by atoms with van der Waals surface area (Å²) in [6, 6.07) is 1.35. The third-order valence-electron chi connectivity index (χ3n) is 2.21. The average molecular weight is 340 g/mol. The molecular formula is C10H11BrFNO4S. The first-order chi connectivity index (χ1) is 8.12. The third kappa shape index (κ3) is 3.50. The SMILES string of the molecule is CS(=O)(=O)c1c(F)cc(C(N)CC(=O)O)cc1Br. The lowest BCUT2D eigenvalue weighted by Gasteiger charge is -2.12. The Bertz CT molecular complexity index is 565. The van der Waals surface area contributed by atoms with E-state index >= 15 is 0 Å². The quantitative estimate of drug-likeness (QED) is 0.865. The predicted molar refractivity (Wildman–Crippen MR) is 66.4 cm³/mol. The summed E-state index contributed by atoms with van der Waals surface area (Å²) in [5.41, 5.74) is 5.79. The topological polar surface area (TPSA) is 97.5 Å². The van der Waals surface area contributed by atoms with Crippen molar-refractivity contribution in [2.24, 2.45) is 5.73 Å². The van der Waals surface area contributed by atoms with Crippen LogP contribution in [0, 0.1) is 5.82 Å². The Morgan fingerprint density at radius 1 is 1.56 bits per heavy atom. The van der Waals surface area contributed by atoms with Crippen LogP contribution >= 0.6 is 15.9 Å². The smallest absolute Gasteiger partial charge is 0.305 e. The molecule has 0 fully saturated rings. The fraction of sp³-hybridized carbons (Fsp3) is 0.300. The highest BCUT2D eigenvalue weighted by atomic mass is 79.9. The normalized spacial score (nSPS) is 13.3. The minimum Gasteiger partial charge on any atom is -0.481 e. The summed E-state index contributed by atoms with van der Waals surface area (Å²) in [7, 11) is -3.71. The minimum absolute atomic E-state index is 0.0286. The van der Waals surface area contributed by atoms with E-state index in [9.17, 15) is 17.6 Å². The number of aliphatic carboxylic acids is 1. The summed E-state index contributed by atoms with van der Waals surface area (Å²) >= 11 is 2.95. The Kier molecular flexibility index (Phi) is 4.46. The molecule has 18 heavy (non-hydrogen) atoms. The fourth-order valence-electron chi connectivity index (χ4n) is 1.45. The number of carboxylic acids is 1. The zero-order valence-corrected chi connectivity index (χ0v) is 11.8. The lowest BCUT2D eigenvalue weighted by Crippen LogP contribution is -2.16. The highest BCUT2D eigenvalue weighted by Gasteiger charge is 2.21. The molecule has 0 amide bonds. The number of halogens is 2. The van der Waals surface area contributed by atoms with E-state index < -0.39 is 32.6 Å². The molecule has 1 aromatic rings. The van der Waals surface area contributed by atoms with Crippen LogP contribution < -0.4 is 5.73 Å². The van der Waals surface area contributed by atoms with E-state index in [1.165, 1.54) is 6.07 Å². The number of carbonyl (C=O) groups is 1. The Labute approximate surface area is 112 Å². The second-order valence-electron chi connectivity index (χ2n) is 3.79. The first kappa shape index (κ1) is 15.1. The highest BCUT2D eigenvalue weighted by Crippen LogP contribution is 2.29. The summed E-state index contributed by atoms with van der Waals surface area (Å²) in [6.07, 6.45) is 0.511. The van der Waals surface area contributed by atoms with E-state index in [0.29, 0.717) is 0 Å². The van der Waals surface area contributed by atoms with Crippen LogP contribution in [0.2, 0.25) is 0 Å². The van der Waals surface area contributed by atoms with Crippen LogP contribution in [0.3, 0.4) is 0 Å². The molecule has 1 rings (SSSR count). The molecule has 1 atom stereocenters. The summed E-state index contributed by atoms with van der Waals surface area (Å²) in [4.78, 5) is 10.0. The number of hydrogen-bond donors (Lipinski definition) is 2. The number of hydrogen-bond acceptors (Lipinski definition) is 4. The number of benzene rings is 1. The summed E-state index contributed by atoms with van der Waals surface area (Å²) in [5, 5.41) is 8.59. The van der Waals surface area contributed by atoms with Crippen molar-refractivity contribution in [2.75, 3.05) is 6.26 Å².